The van der Waals surface area contributed by atoms with Gasteiger partial charge in [0.2, 0.25) is 0 Å². The van der Waals surface area contributed by atoms with Gasteiger partial charge < -0.3 is 15.2 Å². The van der Waals surface area contributed by atoms with E-state index in [1.807, 2.05) is 24.3 Å². The molecule has 2 N–H and O–H groups in total. The van der Waals surface area contributed by atoms with Gasteiger partial charge in [-0.3, -0.25) is 9.59 Å². The van der Waals surface area contributed by atoms with Crippen molar-refractivity contribution in [2.75, 3.05) is 7.11 Å². The molecule has 0 spiro atoms. The monoisotopic (exact) mass is 357 g/mol. The number of amides is 1. The Balaban J connectivity index is 0.000000273. The summed E-state index contributed by atoms with van der Waals surface area (Å²) in [5, 5.41) is 0. The highest BCUT2D eigenvalue weighted by Gasteiger charge is 2.13. The van der Waals surface area contributed by atoms with Crippen molar-refractivity contribution in [1.82, 2.24) is 0 Å². The third-order valence-corrected chi connectivity index (χ3v) is 3.61. The number of rotatable bonds is 4. The molecule has 5 heteroatoms. The van der Waals surface area contributed by atoms with Gasteiger partial charge in [0, 0.05) is 6.42 Å². The molecule has 0 atom stereocenters. The number of para-hydroxylation sites is 1. The molecule has 0 aliphatic carbocycles. The van der Waals surface area contributed by atoms with E-state index in [1.54, 1.807) is 31.2 Å². The number of nitrogens with two attached hydrogens (primary N) is 1. The molecule has 0 saturated carbocycles. The van der Waals surface area contributed by atoms with Crippen molar-refractivity contribution in [3.8, 4) is 11.5 Å². The summed E-state index contributed by atoms with van der Waals surface area (Å²) < 4.78 is 10.00. The molecule has 0 radical (unpaired) electrons. The summed E-state index contributed by atoms with van der Waals surface area (Å²) in [5.41, 5.74) is 6.85. The standard InChI is InChI=1S/C13H18O2.C8H9NO2/c1-5-12(14)15-11-8-6-10(7-9-11)13(2,3)4;1-11-7-5-3-2-4-6(7)8(9)10/h6-9H,5H2,1-4H3;2-5H,1H3,(H2,9,10). The summed E-state index contributed by atoms with van der Waals surface area (Å²) in [5.74, 6) is 0.468. The topological polar surface area (TPSA) is 78.6 Å². The Morgan fingerprint density at radius 3 is 2.00 bits per heavy atom. The molecule has 140 valence electrons. The molecule has 2 aromatic carbocycles. The molecule has 0 bridgehead atoms. The quantitative estimate of drug-likeness (QED) is 0.660. The molecule has 0 fully saturated rings. The third kappa shape index (κ3) is 6.59. The molecular weight excluding hydrogens is 330 g/mol. The van der Waals surface area contributed by atoms with Crippen molar-refractivity contribution in [3.63, 3.8) is 0 Å². The van der Waals surface area contributed by atoms with E-state index in [-0.39, 0.29) is 11.4 Å². The van der Waals surface area contributed by atoms with Crippen LogP contribution in [0.5, 0.6) is 11.5 Å². The van der Waals surface area contributed by atoms with Crippen LogP contribution in [-0.4, -0.2) is 19.0 Å². The van der Waals surface area contributed by atoms with Crippen molar-refractivity contribution in [2.24, 2.45) is 5.73 Å². The zero-order valence-electron chi connectivity index (χ0n) is 16.0. The zero-order chi connectivity index (χ0) is 19.7. The Morgan fingerprint density at radius 2 is 1.58 bits per heavy atom. The van der Waals surface area contributed by atoms with Gasteiger partial charge in [-0.25, -0.2) is 0 Å². The number of hydrogen-bond donors (Lipinski definition) is 1. The van der Waals surface area contributed by atoms with Crippen LogP contribution < -0.4 is 15.2 Å². The van der Waals surface area contributed by atoms with Gasteiger partial charge in [-0.2, -0.15) is 0 Å². The first-order valence-electron chi connectivity index (χ1n) is 8.43. The maximum absolute atomic E-state index is 11.0. The lowest BCUT2D eigenvalue weighted by molar-refractivity contribution is -0.134. The van der Waals surface area contributed by atoms with Gasteiger partial charge in [0.1, 0.15) is 11.5 Å². The third-order valence-electron chi connectivity index (χ3n) is 3.61. The lowest BCUT2D eigenvalue weighted by Crippen LogP contribution is -2.11. The van der Waals surface area contributed by atoms with Crippen LogP contribution >= 0.6 is 0 Å². The fourth-order valence-corrected chi connectivity index (χ4v) is 2.07. The molecule has 2 aromatic rings. The predicted molar refractivity (Wildman–Crippen MR) is 103 cm³/mol. The maximum atomic E-state index is 11.0. The van der Waals surface area contributed by atoms with Crippen LogP contribution in [0, 0.1) is 0 Å². The first-order chi connectivity index (χ1) is 12.2. The van der Waals surface area contributed by atoms with Gasteiger partial charge in [0.15, 0.2) is 0 Å². The average molecular weight is 357 g/mol. The number of ether oxygens (including phenoxy) is 2. The number of esters is 1. The molecule has 0 unspecified atom stereocenters. The zero-order valence-corrected chi connectivity index (χ0v) is 16.0. The SMILES string of the molecule is CCC(=O)Oc1ccc(C(C)(C)C)cc1.COc1ccccc1C(N)=O. The van der Waals surface area contributed by atoms with Crippen molar-refractivity contribution >= 4 is 11.9 Å². The minimum Gasteiger partial charge on any atom is -0.496 e. The van der Waals surface area contributed by atoms with Crippen molar-refractivity contribution in [1.29, 1.82) is 0 Å². The highest BCUT2D eigenvalue weighted by molar-refractivity contribution is 5.95. The lowest BCUT2D eigenvalue weighted by Gasteiger charge is -2.18. The van der Waals surface area contributed by atoms with Crippen LogP contribution in [0.1, 0.15) is 50.0 Å². The van der Waals surface area contributed by atoms with E-state index in [1.165, 1.54) is 12.7 Å². The molecule has 0 aliphatic heterocycles. The number of benzene rings is 2. The molecule has 26 heavy (non-hydrogen) atoms. The highest BCUT2D eigenvalue weighted by Crippen LogP contribution is 2.24. The van der Waals surface area contributed by atoms with Gasteiger partial charge in [0.25, 0.3) is 5.91 Å². The molecule has 5 nitrogen and oxygen atoms in total. The van der Waals surface area contributed by atoms with Crippen LogP contribution in [0.3, 0.4) is 0 Å². The largest absolute Gasteiger partial charge is 0.496 e. The lowest BCUT2D eigenvalue weighted by atomic mass is 9.87. The van der Waals surface area contributed by atoms with E-state index in [0.717, 1.165) is 0 Å². The summed E-state index contributed by atoms with van der Waals surface area (Å²) in [6, 6.07) is 14.5. The average Bonchev–Trinajstić information content (AvgIpc) is 2.61. The Hall–Kier alpha value is -2.82. The van der Waals surface area contributed by atoms with Gasteiger partial charge in [-0.15, -0.1) is 0 Å². The number of carbonyl (C=O) groups excluding carboxylic acids is 2. The first-order valence-corrected chi connectivity index (χ1v) is 8.43. The van der Waals surface area contributed by atoms with E-state index in [0.29, 0.717) is 23.5 Å². The highest BCUT2D eigenvalue weighted by atomic mass is 16.5. The minimum atomic E-state index is -0.470. The molecule has 0 aliphatic rings. The van der Waals surface area contributed by atoms with E-state index in [2.05, 4.69) is 20.8 Å². The van der Waals surface area contributed by atoms with Crippen LogP contribution in [0.15, 0.2) is 48.5 Å². The smallest absolute Gasteiger partial charge is 0.310 e. The number of primary amides is 1. The Bertz CT molecular complexity index is 730. The fourth-order valence-electron chi connectivity index (χ4n) is 2.07. The van der Waals surface area contributed by atoms with E-state index in [9.17, 15) is 9.59 Å². The summed E-state index contributed by atoms with van der Waals surface area (Å²) in [4.78, 5) is 21.8. The molecule has 2 rings (SSSR count). The van der Waals surface area contributed by atoms with E-state index < -0.39 is 5.91 Å². The van der Waals surface area contributed by atoms with Crippen LogP contribution in [0.25, 0.3) is 0 Å². The van der Waals surface area contributed by atoms with Crippen molar-refractivity contribution in [3.05, 3.63) is 59.7 Å². The molecular formula is C21H27NO4. The first kappa shape index (κ1) is 21.2. The summed E-state index contributed by atoms with van der Waals surface area (Å²) in [6.07, 6.45) is 0.404. The van der Waals surface area contributed by atoms with Crippen molar-refractivity contribution in [2.45, 2.75) is 39.5 Å². The number of methoxy groups -OCH3 is 1. The van der Waals surface area contributed by atoms with E-state index in [4.69, 9.17) is 15.2 Å². The number of carbonyl (C=O) groups is 2. The molecule has 1 amide bonds. The Morgan fingerprint density at radius 1 is 1.00 bits per heavy atom. The number of hydrogen-bond acceptors (Lipinski definition) is 4. The molecule has 0 saturated heterocycles. The second kappa shape index (κ2) is 9.61. The van der Waals surface area contributed by atoms with Gasteiger partial charge >= 0.3 is 5.97 Å². The Labute approximate surface area is 155 Å². The Kier molecular flexibility index (Phi) is 7.84. The second-order valence-corrected chi connectivity index (χ2v) is 6.67. The summed E-state index contributed by atoms with van der Waals surface area (Å²) >= 11 is 0. The van der Waals surface area contributed by atoms with Crippen LogP contribution in [0.2, 0.25) is 0 Å². The maximum Gasteiger partial charge on any atom is 0.310 e. The predicted octanol–water partition coefficient (Wildman–Crippen LogP) is 4.09. The minimum absolute atomic E-state index is 0.132. The van der Waals surface area contributed by atoms with E-state index >= 15 is 0 Å². The van der Waals surface area contributed by atoms with Gasteiger partial charge in [0.05, 0.1) is 12.7 Å². The summed E-state index contributed by atoms with van der Waals surface area (Å²) in [6.45, 7) is 8.24. The summed E-state index contributed by atoms with van der Waals surface area (Å²) in [7, 11) is 1.50. The fraction of sp³-hybridized carbons (Fsp3) is 0.333. The van der Waals surface area contributed by atoms with Crippen LogP contribution in [-0.2, 0) is 10.2 Å². The van der Waals surface area contributed by atoms with Crippen LogP contribution in [0.4, 0.5) is 0 Å². The normalized spacial score (nSPS) is 10.3. The second-order valence-electron chi connectivity index (χ2n) is 6.67. The molecule has 0 aromatic heterocycles. The van der Waals surface area contributed by atoms with Gasteiger partial charge in [-0.1, -0.05) is 52.0 Å². The molecule has 0 heterocycles. The van der Waals surface area contributed by atoms with Gasteiger partial charge in [-0.05, 0) is 35.2 Å². The van der Waals surface area contributed by atoms with Crippen molar-refractivity contribution < 1.29 is 19.1 Å².